The van der Waals surface area contributed by atoms with Gasteiger partial charge in [0.2, 0.25) is 0 Å². The van der Waals surface area contributed by atoms with E-state index < -0.39 is 0 Å². The molecule has 0 amide bonds. The lowest BCUT2D eigenvalue weighted by atomic mass is 10.0. The second kappa shape index (κ2) is 6.79. The Balaban J connectivity index is 1.85. The first-order valence-corrected chi connectivity index (χ1v) is 7.80. The van der Waals surface area contributed by atoms with Crippen molar-refractivity contribution in [1.82, 2.24) is 9.80 Å². The average Bonchev–Trinajstić information content (AvgIpc) is 2.41. The van der Waals surface area contributed by atoms with Gasteiger partial charge in [0.15, 0.2) is 0 Å². The number of rotatable bonds is 4. The van der Waals surface area contributed by atoms with E-state index in [-0.39, 0.29) is 4.75 Å². The van der Waals surface area contributed by atoms with E-state index >= 15 is 0 Å². The molecule has 0 aliphatic carbocycles. The summed E-state index contributed by atoms with van der Waals surface area (Å²) in [7, 11) is 2.19. The second-order valence-corrected chi connectivity index (χ2v) is 7.31. The van der Waals surface area contributed by atoms with Gasteiger partial charge in [-0.1, -0.05) is 36.4 Å². The third-order valence-corrected chi connectivity index (χ3v) is 4.15. The molecule has 0 aromatic heterocycles. The summed E-state index contributed by atoms with van der Waals surface area (Å²) < 4.78 is -0.0674. The van der Waals surface area contributed by atoms with Gasteiger partial charge in [0.1, 0.15) is 0 Å². The molecule has 2 rings (SSSR count). The number of benzene rings is 1. The topological polar surface area (TPSA) is 6.48 Å². The lowest BCUT2D eigenvalue weighted by Crippen LogP contribution is -2.44. The SMILES string of the molecule is CN1CCN(C/C=C/c2ccc(C(C)(C)S)cc2)CC1. The van der Waals surface area contributed by atoms with E-state index in [1.807, 2.05) is 0 Å². The zero-order chi connectivity index (χ0) is 14.6. The van der Waals surface area contributed by atoms with Crippen molar-refractivity contribution in [3.63, 3.8) is 0 Å². The molecular weight excluding hydrogens is 264 g/mol. The van der Waals surface area contributed by atoms with Gasteiger partial charge in [0.25, 0.3) is 0 Å². The van der Waals surface area contributed by atoms with E-state index in [0.717, 1.165) is 6.54 Å². The number of nitrogens with zero attached hydrogens (tertiary/aromatic N) is 2. The van der Waals surface area contributed by atoms with Crippen LogP contribution in [0.2, 0.25) is 0 Å². The van der Waals surface area contributed by atoms with Gasteiger partial charge in [-0.05, 0) is 32.0 Å². The minimum Gasteiger partial charge on any atom is -0.304 e. The van der Waals surface area contributed by atoms with Crippen LogP contribution in [0.5, 0.6) is 0 Å². The van der Waals surface area contributed by atoms with E-state index in [1.165, 1.54) is 37.3 Å². The highest BCUT2D eigenvalue weighted by atomic mass is 32.1. The Morgan fingerprint density at radius 1 is 1.10 bits per heavy atom. The van der Waals surface area contributed by atoms with Gasteiger partial charge in [0, 0.05) is 37.5 Å². The van der Waals surface area contributed by atoms with Crippen molar-refractivity contribution in [3.05, 3.63) is 41.5 Å². The van der Waals surface area contributed by atoms with Crippen LogP contribution in [-0.2, 0) is 4.75 Å². The Bertz CT molecular complexity index is 437. The minimum atomic E-state index is -0.0674. The second-order valence-electron chi connectivity index (χ2n) is 6.19. The number of piperazine rings is 1. The number of hydrogen-bond acceptors (Lipinski definition) is 3. The Morgan fingerprint density at radius 3 is 2.25 bits per heavy atom. The zero-order valence-corrected chi connectivity index (χ0v) is 13.7. The molecule has 3 heteroatoms. The Kier molecular flexibility index (Phi) is 5.30. The fourth-order valence-corrected chi connectivity index (χ4v) is 2.52. The highest BCUT2D eigenvalue weighted by molar-refractivity contribution is 7.81. The molecule has 0 bridgehead atoms. The molecule has 0 N–H and O–H groups in total. The molecule has 0 radical (unpaired) electrons. The molecule has 0 saturated carbocycles. The maximum atomic E-state index is 4.60. The molecule has 1 aliphatic rings. The van der Waals surface area contributed by atoms with Crippen molar-refractivity contribution in [2.24, 2.45) is 0 Å². The number of likely N-dealkylation sites (N-methyl/N-ethyl adjacent to an activating group) is 1. The van der Waals surface area contributed by atoms with Crippen LogP contribution in [0.4, 0.5) is 0 Å². The van der Waals surface area contributed by atoms with Crippen LogP contribution in [0, 0.1) is 0 Å². The van der Waals surface area contributed by atoms with Gasteiger partial charge < -0.3 is 4.90 Å². The number of hydrogen-bond donors (Lipinski definition) is 1. The van der Waals surface area contributed by atoms with Crippen molar-refractivity contribution in [2.45, 2.75) is 18.6 Å². The molecule has 1 saturated heterocycles. The van der Waals surface area contributed by atoms with E-state index in [9.17, 15) is 0 Å². The molecule has 0 atom stereocenters. The van der Waals surface area contributed by atoms with Crippen molar-refractivity contribution in [1.29, 1.82) is 0 Å². The van der Waals surface area contributed by atoms with Crippen molar-refractivity contribution in [3.8, 4) is 0 Å². The largest absolute Gasteiger partial charge is 0.304 e. The van der Waals surface area contributed by atoms with Gasteiger partial charge in [-0.25, -0.2) is 0 Å². The van der Waals surface area contributed by atoms with Gasteiger partial charge in [-0.3, -0.25) is 4.90 Å². The standard InChI is InChI=1S/C17H26N2S/c1-17(2,20)16-8-6-15(7-9-16)5-4-10-19-13-11-18(3)12-14-19/h4-9,20H,10-14H2,1-3H3/b5-4+. The monoisotopic (exact) mass is 290 g/mol. The molecule has 1 heterocycles. The smallest absolute Gasteiger partial charge is 0.0322 e. The van der Waals surface area contributed by atoms with Crippen LogP contribution >= 0.6 is 12.6 Å². The van der Waals surface area contributed by atoms with E-state index in [2.05, 4.69) is 79.7 Å². The molecule has 2 nitrogen and oxygen atoms in total. The van der Waals surface area contributed by atoms with Crippen LogP contribution in [0.1, 0.15) is 25.0 Å². The molecule has 110 valence electrons. The van der Waals surface area contributed by atoms with E-state index in [4.69, 9.17) is 0 Å². The van der Waals surface area contributed by atoms with Gasteiger partial charge in [-0.15, -0.1) is 0 Å². The van der Waals surface area contributed by atoms with Gasteiger partial charge in [0.05, 0.1) is 0 Å². The van der Waals surface area contributed by atoms with Crippen LogP contribution < -0.4 is 0 Å². The predicted octanol–water partition coefficient (Wildman–Crippen LogP) is 3.11. The summed E-state index contributed by atoms with van der Waals surface area (Å²) in [5.41, 5.74) is 2.53. The highest BCUT2D eigenvalue weighted by Crippen LogP contribution is 2.27. The molecule has 1 aromatic rings. The fraction of sp³-hybridized carbons (Fsp3) is 0.529. The lowest BCUT2D eigenvalue weighted by Gasteiger charge is -2.31. The molecule has 20 heavy (non-hydrogen) atoms. The summed E-state index contributed by atoms with van der Waals surface area (Å²) in [6.45, 7) is 10.00. The van der Waals surface area contributed by atoms with Crippen LogP contribution in [-0.4, -0.2) is 49.6 Å². The van der Waals surface area contributed by atoms with Gasteiger partial charge in [-0.2, -0.15) is 12.6 Å². The zero-order valence-electron chi connectivity index (χ0n) is 12.8. The van der Waals surface area contributed by atoms with Crippen molar-refractivity contribution >= 4 is 18.7 Å². The maximum absolute atomic E-state index is 4.60. The molecular formula is C17H26N2S. The summed E-state index contributed by atoms with van der Waals surface area (Å²) in [6.07, 6.45) is 4.49. The summed E-state index contributed by atoms with van der Waals surface area (Å²) in [6, 6.07) is 8.69. The third-order valence-electron chi connectivity index (χ3n) is 3.89. The molecule has 0 unspecified atom stereocenters. The Hall–Kier alpha value is -0.770. The van der Waals surface area contributed by atoms with Crippen LogP contribution in [0.3, 0.4) is 0 Å². The fourth-order valence-electron chi connectivity index (χ4n) is 2.37. The third kappa shape index (κ3) is 4.65. The summed E-state index contributed by atoms with van der Waals surface area (Å²) >= 11 is 4.60. The first-order chi connectivity index (χ1) is 9.45. The summed E-state index contributed by atoms with van der Waals surface area (Å²) in [5, 5.41) is 0. The van der Waals surface area contributed by atoms with Crippen molar-refractivity contribution in [2.75, 3.05) is 39.8 Å². The minimum absolute atomic E-state index is 0.0674. The molecule has 1 aromatic carbocycles. The number of thiol groups is 1. The van der Waals surface area contributed by atoms with E-state index in [1.54, 1.807) is 0 Å². The maximum Gasteiger partial charge on any atom is 0.0322 e. The Labute approximate surface area is 128 Å². The Morgan fingerprint density at radius 2 is 1.70 bits per heavy atom. The normalized spacial score (nSPS) is 18.8. The van der Waals surface area contributed by atoms with Crippen molar-refractivity contribution < 1.29 is 0 Å². The summed E-state index contributed by atoms with van der Waals surface area (Å²) in [5.74, 6) is 0. The molecule has 0 spiro atoms. The first kappa shape index (κ1) is 15.6. The van der Waals surface area contributed by atoms with Crippen LogP contribution in [0.15, 0.2) is 30.3 Å². The first-order valence-electron chi connectivity index (χ1n) is 7.35. The molecule has 1 fully saturated rings. The van der Waals surface area contributed by atoms with E-state index in [0.29, 0.717) is 0 Å². The quantitative estimate of drug-likeness (QED) is 0.851. The highest BCUT2D eigenvalue weighted by Gasteiger charge is 2.14. The average molecular weight is 290 g/mol. The lowest BCUT2D eigenvalue weighted by molar-refractivity contribution is 0.167. The summed E-state index contributed by atoms with van der Waals surface area (Å²) in [4.78, 5) is 4.89. The predicted molar refractivity (Wildman–Crippen MR) is 91.4 cm³/mol. The van der Waals surface area contributed by atoms with Gasteiger partial charge >= 0.3 is 0 Å². The molecule has 1 aliphatic heterocycles. The van der Waals surface area contributed by atoms with Crippen LogP contribution in [0.25, 0.3) is 6.08 Å².